The number of fused-ring (bicyclic) bond motifs is 1. The highest BCUT2D eigenvalue weighted by Crippen LogP contribution is 2.27. The minimum atomic E-state index is 0.701. The fraction of sp³-hybridized carbons (Fsp3) is 0.600. The molecular weight excluding hydrogens is 406 g/mol. The fourth-order valence-corrected chi connectivity index (χ4v) is 4.10. The number of aromatic nitrogens is 1. The molecule has 0 fully saturated rings. The Balaban J connectivity index is 2.16. The molecule has 1 heterocycles. The number of pyridine rings is 1. The lowest BCUT2D eigenvalue weighted by atomic mass is 10.2. The summed E-state index contributed by atoms with van der Waals surface area (Å²) < 4.78 is 0. The molecule has 5 nitrogen and oxygen atoms in total. The molecule has 1 aromatic carbocycles. The molecule has 2 aromatic rings. The van der Waals surface area contributed by atoms with Gasteiger partial charge in [0.15, 0.2) is 0 Å². The van der Waals surface area contributed by atoms with Crippen LogP contribution < -0.4 is 0 Å². The first-order chi connectivity index (χ1) is 15.0. The zero-order valence-electron chi connectivity index (χ0n) is 20.1. The number of halogens is 1. The van der Waals surface area contributed by atoms with Gasteiger partial charge in [0.2, 0.25) is 0 Å². The molecule has 31 heavy (non-hydrogen) atoms. The van der Waals surface area contributed by atoms with Crippen molar-refractivity contribution < 1.29 is 0 Å². The van der Waals surface area contributed by atoms with Crippen LogP contribution in [0.15, 0.2) is 35.5 Å². The number of aliphatic imine (C=N–C) groups is 1. The molecule has 0 N–H and O–H groups in total. The Hall–Kier alpha value is -1.69. The van der Waals surface area contributed by atoms with Crippen molar-refractivity contribution in [2.75, 3.05) is 52.4 Å². The van der Waals surface area contributed by atoms with E-state index in [9.17, 15) is 0 Å². The molecule has 2 rings (SSSR count). The third-order valence-corrected chi connectivity index (χ3v) is 6.25. The molecule has 0 atom stereocenters. The van der Waals surface area contributed by atoms with Crippen molar-refractivity contribution in [1.29, 1.82) is 0 Å². The van der Waals surface area contributed by atoms with Gasteiger partial charge in [0.1, 0.15) is 5.84 Å². The van der Waals surface area contributed by atoms with Crippen LogP contribution in [0.1, 0.15) is 47.5 Å². The van der Waals surface area contributed by atoms with E-state index >= 15 is 0 Å². The van der Waals surface area contributed by atoms with Gasteiger partial charge >= 0.3 is 0 Å². The molecule has 0 aliphatic carbocycles. The molecule has 0 saturated heterocycles. The van der Waals surface area contributed by atoms with Crippen molar-refractivity contribution in [2.24, 2.45) is 4.99 Å². The summed E-state index contributed by atoms with van der Waals surface area (Å²) in [6.07, 6.45) is 4.11. The number of hydrogen-bond acceptors (Lipinski definition) is 4. The van der Waals surface area contributed by atoms with Crippen LogP contribution in [0.2, 0.25) is 5.02 Å². The predicted octanol–water partition coefficient (Wildman–Crippen LogP) is 5.70. The molecule has 0 spiro atoms. The molecule has 0 unspecified atom stereocenters. The highest BCUT2D eigenvalue weighted by Gasteiger charge is 2.11. The normalized spacial score (nSPS) is 12.3. The minimum Gasteiger partial charge on any atom is -0.360 e. The van der Waals surface area contributed by atoms with Crippen molar-refractivity contribution in [1.82, 2.24) is 19.7 Å². The van der Waals surface area contributed by atoms with Crippen LogP contribution in [-0.4, -0.2) is 77.9 Å². The second kappa shape index (κ2) is 13.7. The first-order valence-electron chi connectivity index (χ1n) is 11.8. The minimum absolute atomic E-state index is 0.701. The van der Waals surface area contributed by atoms with Gasteiger partial charge in [-0.3, -0.25) is 4.98 Å². The summed E-state index contributed by atoms with van der Waals surface area (Å²) in [6.45, 7) is 19.8. The van der Waals surface area contributed by atoms with Gasteiger partial charge in [-0.1, -0.05) is 39.3 Å². The highest BCUT2D eigenvalue weighted by molar-refractivity contribution is 6.31. The number of amidine groups is 1. The number of benzene rings is 1. The Morgan fingerprint density at radius 3 is 2.00 bits per heavy atom. The summed E-state index contributed by atoms with van der Waals surface area (Å²) in [6, 6.07) is 7.81. The third kappa shape index (κ3) is 8.06. The standard InChI is InChI=1S/C25H40ClN5/c1-6-29(7-2)16-10-18-31(19-11-17-30(8-3)9-4)21(5)28-24-14-15-27-25-20-22(26)12-13-23(24)25/h12-15,20H,6-11,16-19H2,1-5H3. The van der Waals surface area contributed by atoms with Gasteiger partial charge in [-0.05, 0) is 83.3 Å². The maximum Gasteiger partial charge on any atom is 0.102 e. The maximum absolute atomic E-state index is 6.15. The lowest BCUT2D eigenvalue weighted by Gasteiger charge is -2.27. The Morgan fingerprint density at radius 2 is 1.45 bits per heavy atom. The number of hydrogen-bond donors (Lipinski definition) is 0. The van der Waals surface area contributed by atoms with Crippen LogP contribution >= 0.6 is 11.6 Å². The molecule has 6 heteroatoms. The fourth-order valence-electron chi connectivity index (χ4n) is 3.93. The Bertz CT molecular complexity index is 797. The van der Waals surface area contributed by atoms with Crippen molar-refractivity contribution in [3.63, 3.8) is 0 Å². The van der Waals surface area contributed by atoms with Crippen LogP contribution in [0.3, 0.4) is 0 Å². The second-order valence-corrected chi connectivity index (χ2v) is 8.33. The highest BCUT2D eigenvalue weighted by atomic mass is 35.5. The predicted molar refractivity (Wildman–Crippen MR) is 136 cm³/mol. The smallest absolute Gasteiger partial charge is 0.102 e. The average molecular weight is 446 g/mol. The summed E-state index contributed by atoms with van der Waals surface area (Å²) in [5.41, 5.74) is 1.84. The molecule has 0 radical (unpaired) electrons. The molecule has 0 saturated carbocycles. The van der Waals surface area contributed by atoms with Crippen LogP contribution in [-0.2, 0) is 0 Å². The summed E-state index contributed by atoms with van der Waals surface area (Å²) in [5, 5.41) is 1.74. The van der Waals surface area contributed by atoms with E-state index < -0.39 is 0 Å². The molecule has 172 valence electrons. The van der Waals surface area contributed by atoms with Crippen molar-refractivity contribution >= 4 is 34.0 Å². The monoisotopic (exact) mass is 445 g/mol. The Kier molecular flexibility index (Phi) is 11.3. The molecule has 0 amide bonds. The zero-order valence-corrected chi connectivity index (χ0v) is 20.8. The SMILES string of the molecule is CCN(CC)CCCN(CCCN(CC)CC)C(C)=Nc1ccnc2cc(Cl)ccc12. The van der Waals surface area contributed by atoms with E-state index in [0.29, 0.717) is 5.02 Å². The van der Waals surface area contributed by atoms with Crippen molar-refractivity contribution in [2.45, 2.75) is 47.5 Å². The molecular formula is C25H40ClN5. The largest absolute Gasteiger partial charge is 0.360 e. The van der Waals surface area contributed by atoms with Crippen molar-refractivity contribution in [3.8, 4) is 0 Å². The quantitative estimate of drug-likeness (QED) is 0.292. The van der Waals surface area contributed by atoms with E-state index in [1.807, 2.05) is 30.5 Å². The van der Waals surface area contributed by atoms with E-state index in [1.165, 1.54) is 0 Å². The first-order valence-corrected chi connectivity index (χ1v) is 12.2. The van der Waals surface area contributed by atoms with E-state index in [0.717, 1.165) is 87.6 Å². The van der Waals surface area contributed by atoms with Gasteiger partial charge in [-0.25, -0.2) is 4.99 Å². The van der Waals surface area contributed by atoms with Gasteiger partial charge < -0.3 is 14.7 Å². The number of rotatable bonds is 13. The second-order valence-electron chi connectivity index (χ2n) is 7.90. The summed E-state index contributed by atoms with van der Waals surface area (Å²) in [5.74, 6) is 1.07. The summed E-state index contributed by atoms with van der Waals surface area (Å²) in [4.78, 5) is 16.9. The van der Waals surface area contributed by atoms with Crippen LogP contribution in [0.25, 0.3) is 10.9 Å². The lowest BCUT2D eigenvalue weighted by Crippen LogP contribution is -2.35. The Labute approximate surface area is 194 Å². The summed E-state index contributed by atoms with van der Waals surface area (Å²) in [7, 11) is 0. The average Bonchev–Trinajstić information content (AvgIpc) is 2.78. The van der Waals surface area contributed by atoms with Crippen molar-refractivity contribution in [3.05, 3.63) is 35.5 Å². The third-order valence-electron chi connectivity index (χ3n) is 6.02. The van der Waals surface area contributed by atoms with Gasteiger partial charge in [0.05, 0.1) is 11.2 Å². The van der Waals surface area contributed by atoms with Gasteiger partial charge in [0.25, 0.3) is 0 Å². The maximum atomic E-state index is 6.15. The van der Waals surface area contributed by atoms with Crippen LogP contribution in [0, 0.1) is 0 Å². The molecule has 1 aromatic heterocycles. The van der Waals surface area contributed by atoms with E-state index in [4.69, 9.17) is 16.6 Å². The van der Waals surface area contributed by atoms with Crippen LogP contribution in [0.5, 0.6) is 0 Å². The van der Waals surface area contributed by atoms with Gasteiger partial charge in [-0.2, -0.15) is 0 Å². The lowest BCUT2D eigenvalue weighted by molar-refractivity contribution is 0.264. The molecule has 0 aliphatic heterocycles. The summed E-state index contributed by atoms with van der Waals surface area (Å²) >= 11 is 6.15. The van der Waals surface area contributed by atoms with E-state index in [-0.39, 0.29) is 0 Å². The van der Waals surface area contributed by atoms with E-state index in [1.54, 1.807) is 0 Å². The topological polar surface area (TPSA) is 35.0 Å². The Morgan fingerprint density at radius 1 is 0.871 bits per heavy atom. The van der Waals surface area contributed by atoms with Gasteiger partial charge in [0, 0.05) is 29.7 Å². The molecule has 0 bridgehead atoms. The number of nitrogens with zero attached hydrogens (tertiary/aromatic N) is 5. The zero-order chi connectivity index (χ0) is 22.6. The van der Waals surface area contributed by atoms with Crippen LogP contribution in [0.4, 0.5) is 5.69 Å². The van der Waals surface area contributed by atoms with Gasteiger partial charge in [-0.15, -0.1) is 0 Å². The first kappa shape index (κ1) is 25.6. The van der Waals surface area contributed by atoms with E-state index in [2.05, 4.69) is 54.3 Å². The molecule has 0 aliphatic rings.